The van der Waals surface area contributed by atoms with Gasteiger partial charge in [0.15, 0.2) is 0 Å². The van der Waals surface area contributed by atoms with Crippen LogP contribution in [0.3, 0.4) is 0 Å². The van der Waals surface area contributed by atoms with Gasteiger partial charge in [0.25, 0.3) is 0 Å². The molecule has 1 aliphatic carbocycles. The Hall–Kier alpha value is -1.33. The van der Waals surface area contributed by atoms with Crippen LogP contribution in [0.2, 0.25) is 0 Å². The SMILES string of the molecule is CC(C)c1nc(-c2ccc(F)cc2F)sc1CNC1CC1. The van der Waals surface area contributed by atoms with Crippen LogP contribution in [-0.2, 0) is 6.54 Å². The summed E-state index contributed by atoms with van der Waals surface area (Å²) in [4.78, 5) is 5.73. The van der Waals surface area contributed by atoms with Gasteiger partial charge in [-0.05, 0) is 30.9 Å². The maximum absolute atomic E-state index is 13.9. The van der Waals surface area contributed by atoms with E-state index in [0.29, 0.717) is 16.6 Å². The van der Waals surface area contributed by atoms with Gasteiger partial charge in [0.2, 0.25) is 0 Å². The van der Waals surface area contributed by atoms with Crippen LogP contribution in [0.1, 0.15) is 43.2 Å². The Morgan fingerprint density at radius 3 is 2.71 bits per heavy atom. The molecule has 0 spiro atoms. The average Bonchev–Trinajstić information content (AvgIpc) is 3.15. The van der Waals surface area contributed by atoms with Crippen molar-refractivity contribution >= 4 is 11.3 Å². The van der Waals surface area contributed by atoms with Crippen molar-refractivity contribution in [1.29, 1.82) is 0 Å². The molecule has 3 rings (SSSR count). The van der Waals surface area contributed by atoms with Crippen LogP contribution in [0.4, 0.5) is 8.78 Å². The van der Waals surface area contributed by atoms with E-state index in [4.69, 9.17) is 0 Å². The quantitative estimate of drug-likeness (QED) is 0.882. The molecule has 0 radical (unpaired) electrons. The van der Waals surface area contributed by atoms with Gasteiger partial charge in [0, 0.05) is 29.1 Å². The highest BCUT2D eigenvalue weighted by Gasteiger charge is 2.23. The van der Waals surface area contributed by atoms with Gasteiger partial charge in [-0.2, -0.15) is 0 Å². The topological polar surface area (TPSA) is 24.9 Å². The largest absolute Gasteiger partial charge is 0.309 e. The second kappa shape index (κ2) is 5.81. The zero-order valence-corrected chi connectivity index (χ0v) is 12.9. The standard InChI is InChI=1S/C16H18F2N2S/c1-9(2)15-14(8-19-11-4-5-11)21-16(20-15)12-6-3-10(17)7-13(12)18/h3,6-7,9,11,19H,4-5,8H2,1-2H3. The molecule has 1 fully saturated rings. The molecular weight excluding hydrogens is 290 g/mol. The van der Waals surface area contributed by atoms with Crippen molar-refractivity contribution in [1.82, 2.24) is 10.3 Å². The van der Waals surface area contributed by atoms with E-state index in [9.17, 15) is 8.78 Å². The summed E-state index contributed by atoms with van der Waals surface area (Å²) in [5.41, 5.74) is 1.38. The first-order valence-corrected chi connectivity index (χ1v) is 8.04. The maximum Gasteiger partial charge on any atom is 0.136 e. The maximum atomic E-state index is 13.9. The van der Waals surface area contributed by atoms with Crippen molar-refractivity contribution in [3.05, 3.63) is 40.4 Å². The molecule has 1 aromatic heterocycles. The first kappa shape index (κ1) is 14.6. The predicted octanol–water partition coefficient (Wildman–Crippen LogP) is 4.46. The average molecular weight is 308 g/mol. The number of benzene rings is 1. The summed E-state index contributed by atoms with van der Waals surface area (Å²) in [6, 6.07) is 4.27. The van der Waals surface area contributed by atoms with E-state index in [1.807, 2.05) is 0 Å². The Morgan fingerprint density at radius 2 is 2.10 bits per heavy atom. The molecular formula is C16H18F2N2S. The summed E-state index contributed by atoms with van der Waals surface area (Å²) in [5.74, 6) is -0.831. The summed E-state index contributed by atoms with van der Waals surface area (Å²) in [7, 11) is 0. The van der Waals surface area contributed by atoms with Crippen LogP contribution >= 0.6 is 11.3 Å². The smallest absolute Gasteiger partial charge is 0.136 e. The second-order valence-electron chi connectivity index (χ2n) is 5.76. The number of aromatic nitrogens is 1. The zero-order valence-electron chi connectivity index (χ0n) is 12.1. The fourth-order valence-electron chi connectivity index (χ4n) is 2.24. The molecule has 112 valence electrons. The lowest BCUT2D eigenvalue weighted by Crippen LogP contribution is -2.15. The van der Waals surface area contributed by atoms with Gasteiger partial charge in [0.05, 0.1) is 5.69 Å². The molecule has 0 atom stereocenters. The summed E-state index contributed by atoms with van der Waals surface area (Å²) in [6.07, 6.45) is 2.46. The third-order valence-electron chi connectivity index (χ3n) is 3.56. The van der Waals surface area contributed by atoms with Crippen molar-refractivity contribution in [3.8, 4) is 10.6 Å². The van der Waals surface area contributed by atoms with Crippen molar-refractivity contribution in [3.63, 3.8) is 0 Å². The second-order valence-corrected chi connectivity index (χ2v) is 6.85. The van der Waals surface area contributed by atoms with Gasteiger partial charge in [0.1, 0.15) is 16.6 Å². The third-order valence-corrected chi connectivity index (χ3v) is 4.67. The molecule has 1 aromatic carbocycles. The highest BCUT2D eigenvalue weighted by Crippen LogP contribution is 2.33. The first-order chi connectivity index (χ1) is 10.0. The Bertz CT molecular complexity index is 648. The molecule has 0 aliphatic heterocycles. The first-order valence-electron chi connectivity index (χ1n) is 7.23. The number of nitrogens with one attached hydrogen (secondary N) is 1. The molecule has 1 aliphatic rings. The number of halogens is 2. The number of hydrogen-bond donors (Lipinski definition) is 1. The highest BCUT2D eigenvalue weighted by atomic mass is 32.1. The number of nitrogens with zero attached hydrogens (tertiary/aromatic N) is 1. The van der Waals surface area contributed by atoms with Crippen LogP contribution in [0.15, 0.2) is 18.2 Å². The Kier molecular flexibility index (Phi) is 4.04. The van der Waals surface area contributed by atoms with Crippen LogP contribution in [0.25, 0.3) is 10.6 Å². The van der Waals surface area contributed by atoms with Gasteiger partial charge in [-0.15, -0.1) is 11.3 Å². The zero-order chi connectivity index (χ0) is 15.0. The summed E-state index contributed by atoms with van der Waals surface area (Å²) >= 11 is 1.49. The van der Waals surface area contributed by atoms with Gasteiger partial charge >= 0.3 is 0 Å². The lowest BCUT2D eigenvalue weighted by Gasteiger charge is -2.05. The number of rotatable bonds is 5. The van der Waals surface area contributed by atoms with Gasteiger partial charge in [-0.3, -0.25) is 0 Å². The van der Waals surface area contributed by atoms with E-state index in [-0.39, 0.29) is 5.92 Å². The van der Waals surface area contributed by atoms with E-state index in [0.717, 1.165) is 23.2 Å². The Morgan fingerprint density at radius 1 is 1.33 bits per heavy atom. The fraction of sp³-hybridized carbons (Fsp3) is 0.438. The van der Waals surface area contributed by atoms with Gasteiger partial charge in [-0.1, -0.05) is 13.8 Å². The van der Waals surface area contributed by atoms with E-state index >= 15 is 0 Å². The molecule has 1 heterocycles. The number of thiazole rings is 1. The molecule has 2 nitrogen and oxygen atoms in total. The molecule has 2 aromatic rings. The summed E-state index contributed by atoms with van der Waals surface area (Å²) in [6.45, 7) is 4.94. The molecule has 1 N–H and O–H groups in total. The van der Waals surface area contributed by atoms with Crippen molar-refractivity contribution in [2.75, 3.05) is 0 Å². The molecule has 0 saturated heterocycles. The van der Waals surface area contributed by atoms with Crippen molar-refractivity contribution in [2.45, 2.75) is 45.2 Å². The van der Waals surface area contributed by atoms with Crippen LogP contribution in [0.5, 0.6) is 0 Å². The number of hydrogen-bond acceptors (Lipinski definition) is 3. The summed E-state index contributed by atoms with van der Waals surface area (Å²) in [5, 5.41) is 4.10. The van der Waals surface area contributed by atoms with E-state index < -0.39 is 11.6 Å². The van der Waals surface area contributed by atoms with E-state index in [2.05, 4.69) is 24.1 Å². The fourth-order valence-corrected chi connectivity index (χ4v) is 3.44. The minimum absolute atomic E-state index is 0.287. The minimum atomic E-state index is -0.562. The Labute approximate surface area is 127 Å². The molecule has 1 saturated carbocycles. The van der Waals surface area contributed by atoms with Gasteiger partial charge in [-0.25, -0.2) is 13.8 Å². The van der Waals surface area contributed by atoms with Crippen LogP contribution in [-0.4, -0.2) is 11.0 Å². The van der Waals surface area contributed by atoms with E-state index in [1.165, 1.54) is 36.3 Å². The lowest BCUT2D eigenvalue weighted by atomic mass is 10.1. The van der Waals surface area contributed by atoms with Crippen molar-refractivity contribution < 1.29 is 8.78 Å². The van der Waals surface area contributed by atoms with Gasteiger partial charge < -0.3 is 5.32 Å². The molecule has 0 amide bonds. The normalized spacial score (nSPS) is 14.9. The predicted molar refractivity (Wildman–Crippen MR) is 81.4 cm³/mol. The van der Waals surface area contributed by atoms with Crippen molar-refractivity contribution in [2.24, 2.45) is 0 Å². The monoisotopic (exact) mass is 308 g/mol. The highest BCUT2D eigenvalue weighted by molar-refractivity contribution is 7.15. The summed E-state index contributed by atoms with van der Waals surface area (Å²) < 4.78 is 26.9. The Balaban J connectivity index is 1.92. The lowest BCUT2D eigenvalue weighted by molar-refractivity contribution is 0.585. The molecule has 21 heavy (non-hydrogen) atoms. The molecule has 0 unspecified atom stereocenters. The van der Waals surface area contributed by atoms with Crippen LogP contribution in [0, 0.1) is 11.6 Å². The minimum Gasteiger partial charge on any atom is -0.309 e. The molecule has 0 bridgehead atoms. The molecule has 5 heteroatoms. The third kappa shape index (κ3) is 3.30. The van der Waals surface area contributed by atoms with Crippen LogP contribution < -0.4 is 5.32 Å². The van der Waals surface area contributed by atoms with E-state index in [1.54, 1.807) is 0 Å².